The molecule has 0 atom stereocenters. The van der Waals surface area contributed by atoms with E-state index in [2.05, 4.69) is 112 Å². The van der Waals surface area contributed by atoms with E-state index in [9.17, 15) is 0 Å². The summed E-state index contributed by atoms with van der Waals surface area (Å²) in [6.07, 6.45) is 0. The van der Waals surface area contributed by atoms with E-state index in [1.165, 1.54) is 15.4 Å². The molecule has 0 unspecified atom stereocenters. The number of hydrogen-bond donors (Lipinski definition) is 0. The molecule has 5 heteroatoms. The molecule has 0 saturated carbocycles. The Morgan fingerprint density at radius 2 is 1.33 bits per heavy atom. The first-order valence-corrected chi connectivity index (χ1v) is 12.0. The summed E-state index contributed by atoms with van der Waals surface area (Å²) in [4.78, 5) is 0. The predicted molar refractivity (Wildman–Crippen MR) is 97.5 cm³/mol. The summed E-state index contributed by atoms with van der Waals surface area (Å²) in [5.74, 6) is 0. The SMILES string of the molecule is Cn1c(=[Se])n(P(=[Se])(C(C)(C)C)C(C)(C)C)c2ccccc21. The van der Waals surface area contributed by atoms with Crippen LogP contribution in [-0.4, -0.2) is 49.9 Å². The van der Waals surface area contributed by atoms with Crippen LogP contribution < -0.4 is 0 Å². The third-order valence-electron chi connectivity index (χ3n) is 4.04. The zero-order valence-electron chi connectivity index (χ0n) is 14.0. The van der Waals surface area contributed by atoms with Crippen LogP contribution in [-0.2, 0) is 7.05 Å². The minimum absolute atomic E-state index is 0.179. The molecule has 21 heavy (non-hydrogen) atoms. The molecule has 1 aromatic carbocycles. The van der Waals surface area contributed by atoms with Gasteiger partial charge in [-0.15, -0.1) is 0 Å². The summed E-state index contributed by atoms with van der Waals surface area (Å²) < 4.78 is 6.02. The second kappa shape index (κ2) is 5.36. The van der Waals surface area contributed by atoms with Gasteiger partial charge < -0.3 is 0 Å². The van der Waals surface area contributed by atoms with E-state index in [4.69, 9.17) is 0 Å². The maximum absolute atomic E-state index is 3.67. The average molecular weight is 434 g/mol. The molecule has 2 aromatic rings. The molecule has 0 amide bonds. The van der Waals surface area contributed by atoms with Crippen molar-refractivity contribution < 1.29 is 0 Å². The number of aryl methyl sites for hydroxylation is 1. The van der Waals surface area contributed by atoms with E-state index in [1.807, 2.05) is 0 Å². The van der Waals surface area contributed by atoms with Crippen LogP contribution in [0.3, 0.4) is 0 Å². The van der Waals surface area contributed by atoms with Crippen molar-refractivity contribution >= 4 is 47.4 Å². The Labute approximate surface area is 143 Å². The number of para-hydroxylation sites is 2. The van der Waals surface area contributed by atoms with Gasteiger partial charge in [-0.1, -0.05) is 0 Å². The van der Waals surface area contributed by atoms with Crippen molar-refractivity contribution in [2.75, 3.05) is 0 Å². The van der Waals surface area contributed by atoms with Crippen molar-refractivity contribution in [3.05, 3.63) is 28.6 Å². The molecule has 0 spiro atoms. The van der Waals surface area contributed by atoms with Crippen LogP contribution in [0, 0.1) is 4.32 Å². The maximum atomic E-state index is 3.67. The fraction of sp³-hybridized carbons (Fsp3) is 0.562. The standard InChI is InChI=1S/C16H25N2PSe2/c1-15(2,3)19(21,16(4,5)6)18-13-11-9-8-10-12(13)17(7)14(18)20/h8-11H,1-7H3. The summed E-state index contributed by atoms with van der Waals surface area (Å²) >= 11 is 6.99. The summed E-state index contributed by atoms with van der Waals surface area (Å²) in [5, 5.41) is 0.358. The van der Waals surface area contributed by atoms with Gasteiger partial charge in [0, 0.05) is 0 Å². The van der Waals surface area contributed by atoms with Crippen molar-refractivity contribution in [2.45, 2.75) is 51.9 Å². The molecule has 0 N–H and O–H groups in total. The van der Waals surface area contributed by atoms with Crippen molar-refractivity contribution in [3.8, 4) is 0 Å². The van der Waals surface area contributed by atoms with Crippen LogP contribution in [0.5, 0.6) is 0 Å². The van der Waals surface area contributed by atoms with E-state index >= 15 is 0 Å². The van der Waals surface area contributed by atoms with Crippen LogP contribution in [0.4, 0.5) is 0 Å². The second-order valence-electron chi connectivity index (χ2n) is 7.56. The molecule has 0 aliphatic rings. The average Bonchev–Trinajstić information content (AvgIpc) is 2.59. The van der Waals surface area contributed by atoms with Gasteiger partial charge in [0.1, 0.15) is 0 Å². The van der Waals surface area contributed by atoms with Gasteiger partial charge in [-0.3, -0.25) is 0 Å². The third kappa shape index (κ3) is 2.54. The van der Waals surface area contributed by atoms with E-state index in [0.717, 1.165) is 0 Å². The second-order valence-corrected chi connectivity index (χ2v) is 15.9. The first-order valence-electron chi connectivity index (χ1n) is 7.20. The number of aromatic nitrogens is 2. The first kappa shape index (κ1) is 17.5. The molecule has 0 saturated heterocycles. The van der Waals surface area contributed by atoms with Gasteiger partial charge in [0.25, 0.3) is 0 Å². The monoisotopic (exact) mass is 436 g/mol. The van der Waals surface area contributed by atoms with Crippen LogP contribution >= 0.6 is 5.66 Å². The first-order chi connectivity index (χ1) is 9.43. The summed E-state index contributed by atoms with van der Waals surface area (Å²) in [6, 6.07) is 8.68. The molecule has 1 heterocycles. The van der Waals surface area contributed by atoms with Crippen molar-refractivity contribution in [3.63, 3.8) is 0 Å². The van der Waals surface area contributed by atoms with Crippen LogP contribution in [0.1, 0.15) is 41.5 Å². The Balaban J connectivity index is 3.03. The number of imidazole rings is 1. The zero-order valence-corrected chi connectivity index (χ0v) is 18.3. The molecule has 0 aliphatic carbocycles. The number of nitrogens with zero attached hydrogens (tertiary/aromatic N) is 2. The summed E-state index contributed by atoms with van der Waals surface area (Å²) in [7, 11) is 2.14. The fourth-order valence-electron chi connectivity index (χ4n) is 3.15. The molecule has 0 fully saturated rings. The number of hydrogen-bond acceptors (Lipinski definition) is 0. The third-order valence-corrected chi connectivity index (χ3v) is 17.8. The Morgan fingerprint density at radius 3 is 1.76 bits per heavy atom. The Kier molecular flexibility index (Phi) is 4.47. The van der Waals surface area contributed by atoms with Gasteiger partial charge in [-0.2, -0.15) is 0 Å². The van der Waals surface area contributed by atoms with Gasteiger partial charge in [0.05, 0.1) is 0 Å². The van der Waals surface area contributed by atoms with Crippen LogP contribution in [0.25, 0.3) is 11.0 Å². The van der Waals surface area contributed by atoms with E-state index in [1.54, 1.807) is 0 Å². The fourth-order valence-corrected chi connectivity index (χ4v) is 10.2. The molecule has 0 radical (unpaired) electrons. The van der Waals surface area contributed by atoms with Gasteiger partial charge in [-0.25, -0.2) is 0 Å². The zero-order chi connectivity index (χ0) is 16.2. The van der Waals surface area contributed by atoms with E-state index < -0.39 is 5.66 Å². The quantitative estimate of drug-likeness (QED) is 0.472. The molecular formula is C16H25N2PSe2. The Bertz CT molecular complexity index is 767. The predicted octanol–water partition coefficient (Wildman–Crippen LogP) is 4.14. The molecule has 2 nitrogen and oxygen atoms in total. The van der Waals surface area contributed by atoms with Crippen molar-refractivity contribution in [1.29, 1.82) is 0 Å². The van der Waals surface area contributed by atoms with Crippen molar-refractivity contribution in [1.82, 2.24) is 8.90 Å². The van der Waals surface area contributed by atoms with Crippen LogP contribution in [0.2, 0.25) is 0 Å². The van der Waals surface area contributed by atoms with Crippen molar-refractivity contribution in [2.24, 2.45) is 7.05 Å². The molecule has 0 aliphatic heterocycles. The van der Waals surface area contributed by atoms with Gasteiger partial charge in [-0.05, 0) is 0 Å². The number of benzene rings is 1. The molecule has 2 rings (SSSR count). The molecule has 116 valence electrons. The van der Waals surface area contributed by atoms with Gasteiger partial charge >= 0.3 is 144 Å². The molecule has 1 aromatic heterocycles. The summed E-state index contributed by atoms with van der Waals surface area (Å²) in [5.41, 5.74) is 0.976. The summed E-state index contributed by atoms with van der Waals surface area (Å²) in [6.45, 7) is 14.1. The van der Waals surface area contributed by atoms with Crippen LogP contribution in [0.15, 0.2) is 24.3 Å². The number of rotatable bonds is 1. The number of fused-ring (bicyclic) bond motifs is 1. The Morgan fingerprint density at radius 1 is 0.905 bits per heavy atom. The van der Waals surface area contributed by atoms with E-state index in [-0.39, 0.29) is 10.3 Å². The molecule has 0 bridgehead atoms. The molecular weight excluding hydrogens is 409 g/mol. The Hall–Kier alpha value is 0.159. The topological polar surface area (TPSA) is 9.86 Å². The van der Waals surface area contributed by atoms with Gasteiger partial charge in [0.2, 0.25) is 0 Å². The van der Waals surface area contributed by atoms with Gasteiger partial charge in [0.15, 0.2) is 0 Å². The van der Waals surface area contributed by atoms with E-state index in [0.29, 0.717) is 0 Å². The normalized spacial score (nSPS) is 13.9. The minimum atomic E-state index is -1.61.